The van der Waals surface area contributed by atoms with E-state index in [2.05, 4.69) is 44.4 Å². The van der Waals surface area contributed by atoms with E-state index < -0.39 is 0 Å². The SMILES string of the molecule is O=C(Nc1nc2c(s1)CN(CC(=O)N1CCN(c3ccccc3)CC1)CC2)c1cccs1. The van der Waals surface area contributed by atoms with Gasteiger partial charge < -0.3 is 9.80 Å². The van der Waals surface area contributed by atoms with E-state index in [1.807, 2.05) is 22.4 Å². The number of amides is 2. The van der Waals surface area contributed by atoms with Gasteiger partial charge in [0.05, 0.1) is 17.1 Å². The summed E-state index contributed by atoms with van der Waals surface area (Å²) in [5, 5.41) is 5.43. The van der Waals surface area contributed by atoms with Gasteiger partial charge >= 0.3 is 0 Å². The largest absolute Gasteiger partial charge is 0.368 e. The van der Waals surface area contributed by atoms with Gasteiger partial charge in [0.25, 0.3) is 5.91 Å². The van der Waals surface area contributed by atoms with Gasteiger partial charge in [0.2, 0.25) is 5.91 Å². The molecular weight excluding hydrogens is 442 g/mol. The van der Waals surface area contributed by atoms with Crippen LogP contribution in [0.1, 0.15) is 20.2 Å². The van der Waals surface area contributed by atoms with Crippen LogP contribution in [0.5, 0.6) is 0 Å². The Balaban J connectivity index is 1.13. The molecule has 0 atom stereocenters. The summed E-state index contributed by atoms with van der Waals surface area (Å²) in [6.45, 7) is 5.19. The van der Waals surface area contributed by atoms with E-state index in [4.69, 9.17) is 0 Å². The first kappa shape index (κ1) is 21.1. The molecule has 0 saturated carbocycles. The van der Waals surface area contributed by atoms with Crippen LogP contribution < -0.4 is 10.2 Å². The number of nitrogens with one attached hydrogen (secondary N) is 1. The molecule has 0 aliphatic carbocycles. The number of piperazine rings is 1. The maximum Gasteiger partial charge on any atom is 0.267 e. The topological polar surface area (TPSA) is 68.8 Å². The number of thiophene rings is 1. The molecule has 1 aromatic carbocycles. The van der Waals surface area contributed by atoms with Gasteiger partial charge in [-0.25, -0.2) is 4.98 Å². The Morgan fingerprint density at radius 3 is 2.56 bits per heavy atom. The van der Waals surface area contributed by atoms with Crippen molar-refractivity contribution in [2.45, 2.75) is 13.0 Å². The molecule has 166 valence electrons. The third kappa shape index (κ3) is 4.69. The Morgan fingerprint density at radius 2 is 1.81 bits per heavy atom. The van der Waals surface area contributed by atoms with Gasteiger partial charge in [-0.15, -0.1) is 22.7 Å². The second kappa shape index (κ2) is 9.40. The lowest BCUT2D eigenvalue weighted by Gasteiger charge is -2.37. The van der Waals surface area contributed by atoms with Crippen molar-refractivity contribution in [3.8, 4) is 0 Å². The maximum absolute atomic E-state index is 12.9. The lowest BCUT2D eigenvalue weighted by molar-refractivity contribution is -0.132. The summed E-state index contributed by atoms with van der Waals surface area (Å²) in [4.78, 5) is 38.1. The number of para-hydroxylation sites is 1. The predicted octanol–water partition coefficient (Wildman–Crippen LogP) is 3.16. The zero-order valence-electron chi connectivity index (χ0n) is 17.7. The lowest BCUT2D eigenvalue weighted by Crippen LogP contribution is -2.51. The van der Waals surface area contributed by atoms with Gasteiger partial charge in [0, 0.05) is 56.3 Å². The Hall–Kier alpha value is -2.75. The quantitative estimate of drug-likeness (QED) is 0.624. The van der Waals surface area contributed by atoms with E-state index in [1.165, 1.54) is 28.4 Å². The standard InChI is InChI=1S/C23H25N5O2S2/c29-21(28-12-10-27(11-13-28)17-5-2-1-3-6-17)16-26-9-8-18-20(15-26)32-23(24-18)25-22(30)19-7-4-14-31-19/h1-7,14H,8-13,15-16H2,(H,24,25,30). The molecule has 2 amide bonds. The number of nitrogens with zero attached hydrogens (tertiary/aromatic N) is 4. The van der Waals surface area contributed by atoms with Gasteiger partial charge in [-0.3, -0.25) is 19.8 Å². The highest BCUT2D eigenvalue weighted by Crippen LogP contribution is 2.29. The van der Waals surface area contributed by atoms with Crippen molar-refractivity contribution in [2.24, 2.45) is 0 Å². The van der Waals surface area contributed by atoms with Crippen molar-refractivity contribution < 1.29 is 9.59 Å². The highest BCUT2D eigenvalue weighted by Gasteiger charge is 2.26. The number of rotatable bonds is 5. The molecule has 9 heteroatoms. The van der Waals surface area contributed by atoms with Gasteiger partial charge in [-0.05, 0) is 23.6 Å². The molecule has 0 unspecified atom stereocenters. The number of anilines is 2. The third-order valence-electron chi connectivity index (χ3n) is 5.89. The summed E-state index contributed by atoms with van der Waals surface area (Å²) in [6, 6.07) is 14.0. The lowest BCUT2D eigenvalue weighted by atomic mass is 10.2. The van der Waals surface area contributed by atoms with Crippen molar-refractivity contribution in [2.75, 3.05) is 49.5 Å². The van der Waals surface area contributed by atoms with Crippen LogP contribution in [0, 0.1) is 0 Å². The van der Waals surface area contributed by atoms with Crippen LogP contribution in [0.15, 0.2) is 47.8 Å². The zero-order valence-corrected chi connectivity index (χ0v) is 19.3. The molecule has 2 aromatic heterocycles. The van der Waals surface area contributed by atoms with E-state index in [9.17, 15) is 9.59 Å². The van der Waals surface area contributed by atoms with E-state index in [-0.39, 0.29) is 11.8 Å². The molecule has 1 saturated heterocycles. The van der Waals surface area contributed by atoms with Crippen molar-refractivity contribution in [1.82, 2.24) is 14.8 Å². The summed E-state index contributed by atoms with van der Waals surface area (Å²) in [6.07, 6.45) is 0.801. The summed E-state index contributed by atoms with van der Waals surface area (Å²) < 4.78 is 0. The third-order valence-corrected chi connectivity index (χ3v) is 7.75. The van der Waals surface area contributed by atoms with E-state index in [0.29, 0.717) is 23.1 Å². The molecule has 0 radical (unpaired) electrons. The maximum atomic E-state index is 12.9. The van der Waals surface area contributed by atoms with Crippen LogP contribution in [-0.4, -0.2) is 65.9 Å². The monoisotopic (exact) mass is 467 g/mol. The average molecular weight is 468 g/mol. The summed E-state index contributed by atoms with van der Waals surface area (Å²) in [5.74, 6) is 0.0738. The highest BCUT2D eigenvalue weighted by atomic mass is 32.1. The predicted molar refractivity (Wildman–Crippen MR) is 129 cm³/mol. The van der Waals surface area contributed by atoms with Crippen LogP contribution in [0.3, 0.4) is 0 Å². The second-order valence-electron chi connectivity index (χ2n) is 7.98. The fourth-order valence-corrected chi connectivity index (χ4v) is 5.81. The first-order valence-corrected chi connectivity index (χ1v) is 12.5. The van der Waals surface area contributed by atoms with Crippen LogP contribution in [0.4, 0.5) is 10.8 Å². The molecule has 0 bridgehead atoms. The molecular formula is C23H25N5O2S2. The minimum Gasteiger partial charge on any atom is -0.368 e. The van der Waals surface area contributed by atoms with Gasteiger partial charge in [-0.2, -0.15) is 0 Å². The fourth-order valence-electron chi connectivity index (χ4n) is 4.15. The molecule has 0 spiro atoms. The van der Waals surface area contributed by atoms with Crippen molar-refractivity contribution in [1.29, 1.82) is 0 Å². The minimum atomic E-state index is -0.118. The van der Waals surface area contributed by atoms with Gasteiger partial charge in [0.15, 0.2) is 5.13 Å². The first-order valence-electron chi connectivity index (χ1n) is 10.8. The number of benzene rings is 1. The van der Waals surface area contributed by atoms with Crippen molar-refractivity contribution >= 4 is 45.3 Å². The Labute approximate surface area is 195 Å². The molecule has 7 nitrogen and oxygen atoms in total. The molecule has 3 aromatic rings. The van der Waals surface area contributed by atoms with Crippen molar-refractivity contribution in [3.63, 3.8) is 0 Å². The number of thiazole rings is 1. The molecule has 2 aliphatic heterocycles. The second-order valence-corrected chi connectivity index (χ2v) is 10.0. The zero-order chi connectivity index (χ0) is 21.9. The number of hydrogen-bond donors (Lipinski definition) is 1. The van der Waals surface area contributed by atoms with Crippen molar-refractivity contribution in [3.05, 3.63) is 63.3 Å². The number of aromatic nitrogens is 1. The number of hydrogen-bond acceptors (Lipinski definition) is 7. The minimum absolute atomic E-state index is 0.118. The number of carbonyl (C=O) groups excluding carboxylic acids is 2. The van der Waals surface area contributed by atoms with E-state index in [0.717, 1.165) is 49.7 Å². The summed E-state index contributed by atoms with van der Waals surface area (Å²) in [7, 11) is 0. The Kier molecular flexibility index (Phi) is 6.20. The average Bonchev–Trinajstić information content (AvgIpc) is 3.49. The Bertz CT molecular complexity index is 1080. The van der Waals surface area contributed by atoms with Crippen LogP contribution >= 0.6 is 22.7 Å². The van der Waals surface area contributed by atoms with Gasteiger partial charge in [0.1, 0.15) is 0 Å². The molecule has 32 heavy (non-hydrogen) atoms. The van der Waals surface area contributed by atoms with Crippen LogP contribution in [-0.2, 0) is 17.8 Å². The smallest absolute Gasteiger partial charge is 0.267 e. The molecule has 2 aliphatic rings. The Morgan fingerprint density at radius 1 is 1.00 bits per heavy atom. The normalized spacial score (nSPS) is 16.6. The fraction of sp³-hybridized carbons (Fsp3) is 0.348. The van der Waals surface area contributed by atoms with E-state index >= 15 is 0 Å². The molecule has 1 fully saturated rings. The molecule has 1 N–H and O–H groups in total. The van der Waals surface area contributed by atoms with E-state index in [1.54, 1.807) is 6.07 Å². The molecule has 5 rings (SSSR count). The number of fused-ring (bicyclic) bond motifs is 1. The number of carbonyl (C=O) groups is 2. The van der Waals surface area contributed by atoms with Gasteiger partial charge in [-0.1, -0.05) is 24.3 Å². The summed E-state index contributed by atoms with van der Waals surface area (Å²) >= 11 is 2.93. The first-order chi connectivity index (χ1) is 15.7. The summed E-state index contributed by atoms with van der Waals surface area (Å²) in [5.41, 5.74) is 2.26. The molecule has 4 heterocycles. The highest BCUT2D eigenvalue weighted by molar-refractivity contribution is 7.16. The van der Waals surface area contributed by atoms with Crippen LogP contribution in [0.2, 0.25) is 0 Å². The van der Waals surface area contributed by atoms with Crippen LogP contribution in [0.25, 0.3) is 0 Å².